The van der Waals surface area contributed by atoms with Crippen molar-refractivity contribution in [3.8, 4) is 0 Å². The van der Waals surface area contributed by atoms with Crippen LogP contribution in [0.3, 0.4) is 0 Å². The zero-order valence-corrected chi connectivity index (χ0v) is 19.1. The van der Waals surface area contributed by atoms with Gasteiger partial charge in [-0.3, -0.25) is 9.59 Å². The van der Waals surface area contributed by atoms with Crippen LogP contribution >= 0.6 is 0 Å². The van der Waals surface area contributed by atoms with Crippen molar-refractivity contribution < 1.29 is 24.5 Å². The van der Waals surface area contributed by atoms with E-state index in [1.807, 2.05) is 26.0 Å². The van der Waals surface area contributed by atoms with Crippen LogP contribution in [0.25, 0.3) is 0 Å². The summed E-state index contributed by atoms with van der Waals surface area (Å²) in [5.41, 5.74) is 0. The van der Waals surface area contributed by atoms with Crippen molar-refractivity contribution in [3.63, 3.8) is 0 Å². The molecule has 1 saturated carbocycles. The molecule has 0 amide bonds. The SMILES string of the molecule is CCCCCCCC(=O)/C=C/[C@@H]1[C@@H](C/C=C\CCCC(=O)OC(C)C)[C@@H](O)C[C@H]1O. The molecule has 0 aromatic rings. The van der Waals surface area contributed by atoms with E-state index in [1.165, 1.54) is 19.3 Å². The van der Waals surface area contributed by atoms with E-state index in [-0.39, 0.29) is 29.7 Å². The number of ether oxygens (including phenoxy) is 1. The molecule has 30 heavy (non-hydrogen) atoms. The molecule has 172 valence electrons. The zero-order chi connectivity index (χ0) is 22.4. The Balaban J connectivity index is 2.38. The monoisotopic (exact) mass is 422 g/mol. The molecule has 2 N–H and O–H groups in total. The van der Waals surface area contributed by atoms with E-state index < -0.39 is 12.2 Å². The Kier molecular flexibility index (Phi) is 13.6. The minimum Gasteiger partial charge on any atom is -0.463 e. The first-order chi connectivity index (χ1) is 14.3. The summed E-state index contributed by atoms with van der Waals surface area (Å²) in [6.07, 6.45) is 15.2. The van der Waals surface area contributed by atoms with Crippen LogP contribution in [0.4, 0.5) is 0 Å². The van der Waals surface area contributed by atoms with Crippen molar-refractivity contribution in [2.24, 2.45) is 11.8 Å². The second-order valence-corrected chi connectivity index (χ2v) is 8.74. The summed E-state index contributed by atoms with van der Waals surface area (Å²) in [5, 5.41) is 20.6. The first-order valence-electron chi connectivity index (χ1n) is 11.8. The molecule has 1 aliphatic rings. The molecule has 5 nitrogen and oxygen atoms in total. The average Bonchev–Trinajstić information content (AvgIpc) is 2.94. The standard InChI is InChI=1S/C25H42O5/c1-4-5-6-7-10-13-20(26)16-17-22-21(23(27)18-24(22)28)14-11-8-9-12-15-25(29)30-19(2)3/h8,11,16-17,19,21-24,27-28H,4-7,9-10,12-15,18H2,1-3H3/b11-8-,17-16+/t21-,22-,23+,24-/m1/s1. The molecule has 1 aliphatic carbocycles. The van der Waals surface area contributed by atoms with Gasteiger partial charge in [0, 0.05) is 25.2 Å². The van der Waals surface area contributed by atoms with Crippen LogP contribution in [0.15, 0.2) is 24.3 Å². The first-order valence-corrected chi connectivity index (χ1v) is 11.8. The summed E-state index contributed by atoms with van der Waals surface area (Å²) >= 11 is 0. The molecular formula is C25H42O5. The number of carbonyl (C=O) groups excluding carboxylic acids is 2. The molecule has 1 rings (SSSR count). The van der Waals surface area contributed by atoms with Crippen LogP contribution in [-0.2, 0) is 14.3 Å². The van der Waals surface area contributed by atoms with Gasteiger partial charge < -0.3 is 14.9 Å². The number of aliphatic hydroxyl groups is 2. The first kappa shape index (κ1) is 26.6. The Morgan fingerprint density at radius 3 is 2.43 bits per heavy atom. The minimum atomic E-state index is -0.613. The van der Waals surface area contributed by atoms with Crippen LogP contribution in [0.2, 0.25) is 0 Å². The highest BCUT2D eigenvalue weighted by atomic mass is 16.5. The van der Waals surface area contributed by atoms with Crippen molar-refractivity contribution in [2.75, 3.05) is 0 Å². The second kappa shape index (κ2) is 15.4. The molecule has 0 spiro atoms. The van der Waals surface area contributed by atoms with Gasteiger partial charge in [-0.2, -0.15) is 0 Å². The van der Waals surface area contributed by atoms with Crippen LogP contribution < -0.4 is 0 Å². The second-order valence-electron chi connectivity index (χ2n) is 8.74. The van der Waals surface area contributed by atoms with Gasteiger partial charge in [-0.1, -0.05) is 50.8 Å². The highest BCUT2D eigenvalue weighted by Gasteiger charge is 2.39. The Bertz CT molecular complexity index is 552. The number of ketones is 1. The number of aliphatic hydroxyl groups excluding tert-OH is 2. The number of hydrogen-bond acceptors (Lipinski definition) is 5. The van der Waals surface area contributed by atoms with Crippen LogP contribution in [0, 0.1) is 11.8 Å². The molecule has 0 aromatic heterocycles. The lowest BCUT2D eigenvalue weighted by atomic mass is 9.89. The summed E-state index contributed by atoms with van der Waals surface area (Å²) in [4.78, 5) is 23.6. The maximum atomic E-state index is 12.1. The van der Waals surface area contributed by atoms with E-state index in [4.69, 9.17) is 4.74 Å². The fourth-order valence-corrected chi connectivity index (χ4v) is 3.97. The fourth-order valence-electron chi connectivity index (χ4n) is 3.97. The van der Waals surface area contributed by atoms with Crippen molar-refractivity contribution in [1.82, 2.24) is 0 Å². The molecule has 0 unspecified atom stereocenters. The highest BCUT2D eigenvalue weighted by Crippen LogP contribution is 2.36. The molecule has 1 fully saturated rings. The van der Waals surface area contributed by atoms with Crippen molar-refractivity contribution in [1.29, 1.82) is 0 Å². The van der Waals surface area contributed by atoms with Gasteiger partial charge in [0.15, 0.2) is 5.78 Å². The lowest BCUT2D eigenvalue weighted by molar-refractivity contribution is -0.147. The lowest BCUT2D eigenvalue weighted by Crippen LogP contribution is -2.20. The third kappa shape index (κ3) is 11.1. The summed E-state index contributed by atoms with van der Waals surface area (Å²) < 4.78 is 5.11. The van der Waals surface area contributed by atoms with Crippen LogP contribution in [0.5, 0.6) is 0 Å². The van der Waals surface area contributed by atoms with Crippen molar-refractivity contribution in [2.45, 2.75) is 110 Å². The Labute approximate surface area is 182 Å². The van der Waals surface area contributed by atoms with Gasteiger partial charge in [-0.05, 0) is 51.5 Å². The Morgan fingerprint density at radius 1 is 1.00 bits per heavy atom. The highest BCUT2D eigenvalue weighted by molar-refractivity contribution is 5.89. The third-order valence-corrected chi connectivity index (χ3v) is 5.64. The number of hydrogen-bond donors (Lipinski definition) is 2. The molecule has 0 bridgehead atoms. The van der Waals surface area contributed by atoms with E-state index in [0.717, 1.165) is 25.7 Å². The van der Waals surface area contributed by atoms with Crippen molar-refractivity contribution >= 4 is 11.8 Å². The Morgan fingerprint density at radius 2 is 1.73 bits per heavy atom. The minimum absolute atomic E-state index is 0.0822. The predicted molar refractivity (Wildman–Crippen MR) is 120 cm³/mol. The predicted octanol–water partition coefficient (Wildman–Crippen LogP) is 4.90. The number of rotatable bonds is 15. The largest absolute Gasteiger partial charge is 0.463 e. The Hall–Kier alpha value is -1.46. The summed E-state index contributed by atoms with van der Waals surface area (Å²) in [5.74, 6) is -0.360. The maximum absolute atomic E-state index is 12.1. The smallest absolute Gasteiger partial charge is 0.306 e. The van der Waals surface area contributed by atoms with E-state index >= 15 is 0 Å². The van der Waals surface area contributed by atoms with Gasteiger partial charge in [0.2, 0.25) is 0 Å². The summed E-state index contributed by atoms with van der Waals surface area (Å²) in [6.45, 7) is 5.85. The zero-order valence-electron chi connectivity index (χ0n) is 19.1. The van der Waals surface area contributed by atoms with Gasteiger partial charge in [-0.25, -0.2) is 0 Å². The number of esters is 1. The molecule has 0 aliphatic heterocycles. The normalized spacial score (nSPS) is 24.3. The molecule has 4 atom stereocenters. The molecule has 0 aromatic carbocycles. The fraction of sp³-hybridized carbons (Fsp3) is 0.760. The van der Waals surface area contributed by atoms with Gasteiger partial charge in [0.1, 0.15) is 0 Å². The molecule has 5 heteroatoms. The van der Waals surface area contributed by atoms with E-state index in [0.29, 0.717) is 25.7 Å². The van der Waals surface area contributed by atoms with Gasteiger partial charge in [-0.15, -0.1) is 0 Å². The van der Waals surface area contributed by atoms with Gasteiger partial charge in [0.05, 0.1) is 18.3 Å². The summed E-state index contributed by atoms with van der Waals surface area (Å²) in [6, 6.07) is 0. The van der Waals surface area contributed by atoms with Crippen molar-refractivity contribution in [3.05, 3.63) is 24.3 Å². The quantitative estimate of drug-likeness (QED) is 0.170. The third-order valence-electron chi connectivity index (χ3n) is 5.64. The number of allylic oxidation sites excluding steroid dienone is 3. The summed E-state index contributed by atoms with van der Waals surface area (Å²) in [7, 11) is 0. The van der Waals surface area contributed by atoms with E-state index in [2.05, 4.69) is 6.92 Å². The van der Waals surface area contributed by atoms with E-state index in [9.17, 15) is 19.8 Å². The number of carbonyl (C=O) groups is 2. The molecule has 0 radical (unpaired) electrons. The molecule has 0 saturated heterocycles. The van der Waals surface area contributed by atoms with Gasteiger partial charge >= 0.3 is 5.97 Å². The number of unbranched alkanes of at least 4 members (excludes halogenated alkanes) is 5. The average molecular weight is 423 g/mol. The topological polar surface area (TPSA) is 83.8 Å². The van der Waals surface area contributed by atoms with Crippen LogP contribution in [-0.4, -0.2) is 40.3 Å². The van der Waals surface area contributed by atoms with Crippen LogP contribution in [0.1, 0.15) is 91.4 Å². The van der Waals surface area contributed by atoms with Gasteiger partial charge in [0.25, 0.3) is 0 Å². The lowest BCUT2D eigenvalue weighted by Gasteiger charge is -2.19. The van der Waals surface area contributed by atoms with E-state index in [1.54, 1.807) is 12.2 Å². The maximum Gasteiger partial charge on any atom is 0.306 e. The molecular weight excluding hydrogens is 380 g/mol. The molecule has 0 heterocycles.